The van der Waals surface area contributed by atoms with E-state index in [1.54, 1.807) is 7.11 Å². The molecule has 2 rings (SSSR count). The average molecular weight is 278 g/mol. The molecule has 0 aromatic heterocycles. The van der Waals surface area contributed by atoms with Gasteiger partial charge in [-0.3, -0.25) is 4.79 Å². The number of methoxy groups -OCH3 is 1. The molecule has 1 aromatic rings. The molecule has 4 heteroatoms. The van der Waals surface area contributed by atoms with Gasteiger partial charge in [-0.25, -0.2) is 0 Å². The summed E-state index contributed by atoms with van der Waals surface area (Å²) >= 11 is 0. The number of aliphatic hydroxyl groups is 1. The predicted molar refractivity (Wildman–Crippen MR) is 75.7 cm³/mol. The van der Waals surface area contributed by atoms with E-state index in [9.17, 15) is 9.90 Å². The second-order valence-corrected chi connectivity index (χ2v) is 5.21. The molecule has 3 atom stereocenters. The van der Waals surface area contributed by atoms with Crippen molar-refractivity contribution in [2.45, 2.75) is 38.2 Å². The molecule has 0 radical (unpaired) electrons. The minimum atomic E-state index is -0.386. The van der Waals surface area contributed by atoms with Crippen molar-refractivity contribution >= 4 is 5.97 Å². The zero-order chi connectivity index (χ0) is 14.5. The first kappa shape index (κ1) is 14.9. The fourth-order valence-electron chi connectivity index (χ4n) is 3.04. The van der Waals surface area contributed by atoms with Gasteiger partial charge in [-0.2, -0.15) is 0 Å². The molecule has 0 amide bonds. The summed E-state index contributed by atoms with van der Waals surface area (Å²) in [6.07, 6.45) is 1.58. The lowest BCUT2D eigenvalue weighted by Crippen LogP contribution is -2.20. The van der Waals surface area contributed by atoms with Crippen LogP contribution in [0.2, 0.25) is 0 Å². The number of hydrogen-bond acceptors (Lipinski definition) is 4. The fraction of sp³-hybridized carbons (Fsp3) is 0.562. The number of rotatable bonds is 5. The summed E-state index contributed by atoms with van der Waals surface area (Å²) in [7, 11) is 1.63. The largest absolute Gasteiger partial charge is 0.497 e. The van der Waals surface area contributed by atoms with Crippen molar-refractivity contribution < 1.29 is 19.4 Å². The highest BCUT2D eigenvalue weighted by molar-refractivity contribution is 5.69. The van der Waals surface area contributed by atoms with Crippen LogP contribution in [0, 0.1) is 5.92 Å². The number of ether oxygens (including phenoxy) is 2. The Labute approximate surface area is 119 Å². The van der Waals surface area contributed by atoms with Crippen LogP contribution >= 0.6 is 0 Å². The third kappa shape index (κ3) is 3.31. The third-order valence-electron chi connectivity index (χ3n) is 3.99. The minimum Gasteiger partial charge on any atom is -0.497 e. The summed E-state index contributed by atoms with van der Waals surface area (Å²) in [5, 5.41) is 10.2. The lowest BCUT2D eigenvalue weighted by molar-refractivity contribution is -0.144. The van der Waals surface area contributed by atoms with Gasteiger partial charge in [0.25, 0.3) is 0 Å². The second-order valence-electron chi connectivity index (χ2n) is 5.21. The quantitative estimate of drug-likeness (QED) is 0.841. The first-order chi connectivity index (χ1) is 9.65. The Morgan fingerprint density at radius 2 is 2.00 bits per heavy atom. The molecule has 20 heavy (non-hydrogen) atoms. The van der Waals surface area contributed by atoms with E-state index in [0.29, 0.717) is 13.0 Å². The van der Waals surface area contributed by atoms with Crippen LogP contribution in [0.3, 0.4) is 0 Å². The maximum atomic E-state index is 11.7. The summed E-state index contributed by atoms with van der Waals surface area (Å²) < 4.78 is 10.2. The van der Waals surface area contributed by atoms with Crippen molar-refractivity contribution in [3.05, 3.63) is 29.8 Å². The van der Waals surface area contributed by atoms with Gasteiger partial charge in [0.15, 0.2) is 0 Å². The molecule has 0 saturated heterocycles. The SMILES string of the molecule is CCOC(=O)CC1CCC(O)C1c1ccc(OC)cc1. The highest BCUT2D eigenvalue weighted by Crippen LogP contribution is 2.42. The Bertz CT molecular complexity index is 440. The number of carbonyl (C=O) groups is 1. The lowest BCUT2D eigenvalue weighted by atomic mass is 9.85. The molecule has 0 aliphatic heterocycles. The molecule has 1 fully saturated rings. The lowest BCUT2D eigenvalue weighted by Gasteiger charge is -2.22. The maximum Gasteiger partial charge on any atom is 0.306 e. The summed E-state index contributed by atoms with van der Waals surface area (Å²) in [6, 6.07) is 7.72. The Morgan fingerprint density at radius 3 is 2.60 bits per heavy atom. The minimum absolute atomic E-state index is 0.00492. The second kappa shape index (κ2) is 6.75. The van der Waals surface area contributed by atoms with Gasteiger partial charge >= 0.3 is 5.97 Å². The molecule has 110 valence electrons. The predicted octanol–water partition coefficient (Wildman–Crippen LogP) is 2.50. The van der Waals surface area contributed by atoms with Crippen molar-refractivity contribution in [3.63, 3.8) is 0 Å². The molecule has 1 saturated carbocycles. The molecule has 1 N–H and O–H groups in total. The van der Waals surface area contributed by atoms with Crippen LogP contribution in [0.4, 0.5) is 0 Å². The van der Waals surface area contributed by atoms with Gasteiger partial charge < -0.3 is 14.6 Å². The summed E-state index contributed by atoms with van der Waals surface area (Å²) in [4.78, 5) is 11.7. The fourth-order valence-corrected chi connectivity index (χ4v) is 3.04. The van der Waals surface area contributed by atoms with Crippen molar-refractivity contribution in [2.75, 3.05) is 13.7 Å². The molecule has 3 unspecified atom stereocenters. The van der Waals surface area contributed by atoms with Crippen molar-refractivity contribution in [2.24, 2.45) is 5.92 Å². The number of esters is 1. The Balaban J connectivity index is 2.11. The molecule has 1 aliphatic carbocycles. The van der Waals surface area contributed by atoms with Gasteiger partial charge in [-0.05, 0) is 43.4 Å². The topological polar surface area (TPSA) is 55.8 Å². The van der Waals surface area contributed by atoms with Gasteiger partial charge in [0.05, 0.1) is 19.8 Å². The van der Waals surface area contributed by atoms with Gasteiger partial charge in [-0.15, -0.1) is 0 Å². The molecule has 1 aliphatic rings. The van der Waals surface area contributed by atoms with E-state index >= 15 is 0 Å². The molecule has 0 spiro atoms. The van der Waals surface area contributed by atoms with Crippen LogP contribution in [0.25, 0.3) is 0 Å². The van der Waals surface area contributed by atoms with Gasteiger partial charge in [0.2, 0.25) is 0 Å². The monoisotopic (exact) mass is 278 g/mol. The van der Waals surface area contributed by atoms with Crippen LogP contribution in [-0.4, -0.2) is 30.9 Å². The molecule has 0 heterocycles. The summed E-state index contributed by atoms with van der Waals surface area (Å²) in [5.74, 6) is 0.774. The summed E-state index contributed by atoms with van der Waals surface area (Å²) in [6.45, 7) is 2.21. The van der Waals surface area contributed by atoms with E-state index < -0.39 is 0 Å². The van der Waals surface area contributed by atoms with Crippen LogP contribution in [-0.2, 0) is 9.53 Å². The number of aliphatic hydroxyl groups excluding tert-OH is 1. The zero-order valence-electron chi connectivity index (χ0n) is 12.0. The number of benzene rings is 1. The number of hydrogen-bond donors (Lipinski definition) is 1. The summed E-state index contributed by atoms with van der Waals surface area (Å²) in [5.41, 5.74) is 1.06. The van der Waals surface area contributed by atoms with Gasteiger partial charge in [-0.1, -0.05) is 12.1 Å². The first-order valence-electron chi connectivity index (χ1n) is 7.13. The van der Waals surface area contributed by atoms with Crippen LogP contribution in [0.5, 0.6) is 5.75 Å². The van der Waals surface area contributed by atoms with Crippen molar-refractivity contribution in [3.8, 4) is 5.75 Å². The molecule has 0 bridgehead atoms. The smallest absolute Gasteiger partial charge is 0.306 e. The van der Waals surface area contributed by atoms with E-state index in [0.717, 1.165) is 24.2 Å². The van der Waals surface area contributed by atoms with Crippen LogP contribution < -0.4 is 4.74 Å². The standard InChI is InChI=1S/C16H22O4/c1-3-20-15(18)10-12-6-9-14(17)16(12)11-4-7-13(19-2)8-5-11/h4-5,7-8,12,14,16-17H,3,6,9-10H2,1-2H3. The number of carbonyl (C=O) groups excluding carboxylic acids is 1. The zero-order valence-corrected chi connectivity index (χ0v) is 12.0. The van der Waals surface area contributed by atoms with E-state index in [-0.39, 0.29) is 23.9 Å². The van der Waals surface area contributed by atoms with Crippen molar-refractivity contribution in [1.29, 1.82) is 0 Å². The maximum absolute atomic E-state index is 11.7. The van der Waals surface area contributed by atoms with E-state index in [2.05, 4.69) is 0 Å². The van der Waals surface area contributed by atoms with Crippen molar-refractivity contribution in [1.82, 2.24) is 0 Å². The molecular formula is C16H22O4. The van der Waals surface area contributed by atoms with Crippen LogP contribution in [0.1, 0.15) is 37.7 Å². The molecule has 1 aromatic carbocycles. The van der Waals surface area contributed by atoms with E-state index in [4.69, 9.17) is 9.47 Å². The van der Waals surface area contributed by atoms with Crippen LogP contribution in [0.15, 0.2) is 24.3 Å². The molecule has 4 nitrogen and oxygen atoms in total. The first-order valence-corrected chi connectivity index (χ1v) is 7.13. The third-order valence-corrected chi connectivity index (χ3v) is 3.99. The normalized spacial score (nSPS) is 25.4. The van der Waals surface area contributed by atoms with E-state index in [1.165, 1.54) is 0 Å². The molecular weight excluding hydrogens is 256 g/mol. The average Bonchev–Trinajstić information content (AvgIpc) is 2.80. The van der Waals surface area contributed by atoms with Gasteiger partial charge in [0.1, 0.15) is 5.75 Å². The Hall–Kier alpha value is -1.55. The van der Waals surface area contributed by atoms with E-state index in [1.807, 2.05) is 31.2 Å². The Kier molecular flexibility index (Phi) is 5.01. The highest BCUT2D eigenvalue weighted by Gasteiger charge is 2.37. The van der Waals surface area contributed by atoms with Gasteiger partial charge in [0, 0.05) is 12.3 Å². The highest BCUT2D eigenvalue weighted by atomic mass is 16.5. The Morgan fingerprint density at radius 1 is 1.30 bits per heavy atom.